The van der Waals surface area contributed by atoms with Crippen molar-refractivity contribution in [3.63, 3.8) is 0 Å². The first-order chi connectivity index (χ1) is 11.6. The van der Waals surface area contributed by atoms with Gasteiger partial charge in [-0.1, -0.05) is 30.0 Å². The zero-order chi connectivity index (χ0) is 16.7. The van der Waals surface area contributed by atoms with E-state index in [0.29, 0.717) is 26.4 Å². The van der Waals surface area contributed by atoms with Gasteiger partial charge < -0.3 is 9.47 Å². The summed E-state index contributed by atoms with van der Waals surface area (Å²) in [6.45, 7) is 0.200. The lowest BCUT2D eigenvalue weighted by atomic mass is 10.2. The summed E-state index contributed by atoms with van der Waals surface area (Å²) in [5.41, 5.74) is 1.37. The van der Waals surface area contributed by atoms with Crippen LogP contribution in [0.15, 0.2) is 47.4 Å². The lowest BCUT2D eigenvalue weighted by Crippen LogP contribution is -2.27. The third kappa shape index (κ3) is 2.65. The van der Waals surface area contributed by atoms with Crippen molar-refractivity contribution in [3.8, 4) is 11.5 Å². The molecule has 0 atom stereocenters. The topological polar surface area (TPSA) is 38.8 Å². The number of carbonyl (C=O) groups is 1. The largest absolute Gasteiger partial charge is 0.454 e. The normalized spacial score (nSPS) is 17.9. The molecule has 0 unspecified atom stereocenters. The van der Waals surface area contributed by atoms with Crippen LogP contribution in [0.3, 0.4) is 0 Å². The lowest BCUT2D eigenvalue weighted by Gasteiger charge is -2.14. The predicted octanol–water partition coefficient (Wildman–Crippen LogP) is 3.96. The number of thioether (sulfide) groups is 1. The second kappa shape index (κ2) is 5.92. The van der Waals surface area contributed by atoms with Crippen LogP contribution in [0.5, 0.6) is 11.5 Å². The molecular weight excluding hydrogens is 349 g/mol. The van der Waals surface area contributed by atoms with E-state index < -0.39 is 0 Å². The van der Waals surface area contributed by atoms with Crippen molar-refractivity contribution in [2.24, 2.45) is 0 Å². The van der Waals surface area contributed by atoms with Crippen LogP contribution in [-0.4, -0.2) is 17.0 Å². The first-order valence-electron chi connectivity index (χ1n) is 7.05. The molecule has 7 heteroatoms. The van der Waals surface area contributed by atoms with Gasteiger partial charge in [0, 0.05) is 0 Å². The predicted molar refractivity (Wildman–Crippen MR) is 94.6 cm³/mol. The van der Waals surface area contributed by atoms with Crippen LogP contribution in [0.2, 0.25) is 0 Å². The number of thiocarbonyl (C=S) groups is 1. The number of hydrogen-bond acceptors (Lipinski definition) is 5. The number of hydrogen-bond donors (Lipinski definition) is 0. The molecule has 2 heterocycles. The van der Waals surface area contributed by atoms with Gasteiger partial charge in [0.2, 0.25) is 6.79 Å². The van der Waals surface area contributed by atoms with Gasteiger partial charge in [-0.05, 0) is 48.0 Å². The Morgan fingerprint density at radius 3 is 2.67 bits per heavy atom. The maximum Gasteiger partial charge on any atom is 0.270 e. The molecule has 2 aromatic rings. The highest BCUT2D eigenvalue weighted by atomic mass is 32.2. The Hall–Kier alpha value is -2.38. The molecule has 0 bridgehead atoms. The quantitative estimate of drug-likeness (QED) is 0.599. The van der Waals surface area contributed by atoms with Crippen molar-refractivity contribution in [3.05, 3.63) is 58.8 Å². The van der Waals surface area contributed by atoms with E-state index in [1.807, 2.05) is 12.1 Å². The fourth-order valence-electron chi connectivity index (χ4n) is 2.43. The number of halogens is 1. The molecule has 2 aliphatic rings. The summed E-state index contributed by atoms with van der Waals surface area (Å²) >= 11 is 6.51. The van der Waals surface area contributed by atoms with Gasteiger partial charge in [-0.15, -0.1) is 0 Å². The number of benzene rings is 2. The van der Waals surface area contributed by atoms with Crippen LogP contribution >= 0.6 is 24.0 Å². The van der Waals surface area contributed by atoms with Crippen molar-refractivity contribution < 1.29 is 18.7 Å². The molecule has 0 saturated carbocycles. The number of nitrogens with zero attached hydrogens (tertiary/aromatic N) is 1. The number of anilines is 1. The summed E-state index contributed by atoms with van der Waals surface area (Å²) in [5.74, 6) is 0.748. The third-order valence-corrected chi connectivity index (χ3v) is 4.88. The SMILES string of the molecule is O=C1/C(=C/c2ccc3c(c2)OCO3)SC(=S)N1c1ccc(F)cc1. The summed E-state index contributed by atoms with van der Waals surface area (Å²) in [4.78, 5) is 14.5. The van der Waals surface area contributed by atoms with Crippen molar-refractivity contribution in [2.75, 3.05) is 11.7 Å². The fourth-order valence-corrected chi connectivity index (χ4v) is 3.73. The standard InChI is InChI=1S/C17H10FNO3S2/c18-11-2-4-12(5-3-11)19-16(20)15(24-17(19)23)8-10-1-6-13-14(7-10)22-9-21-13/h1-8H,9H2/b15-8-. The van der Waals surface area contributed by atoms with Gasteiger partial charge in [0.1, 0.15) is 5.82 Å². The first-order valence-corrected chi connectivity index (χ1v) is 8.27. The van der Waals surface area contributed by atoms with Crippen LogP contribution < -0.4 is 14.4 Å². The van der Waals surface area contributed by atoms with Crippen LogP contribution in [-0.2, 0) is 4.79 Å². The molecule has 4 rings (SSSR count). The van der Waals surface area contributed by atoms with E-state index in [0.717, 1.165) is 5.56 Å². The molecule has 4 nitrogen and oxygen atoms in total. The average molecular weight is 359 g/mol. The molecule has 0 radical (unpaired) electrons. The maximum atomic E-state index is 13.1. The summed E-state index contributed by atoms with van der Waals surface area (Å²) < 4.78 is 24.1. The maximum absolute atomic E-state index is 13.1. The number of carbonyl (C=O) groups excluding carboxylic acids is 1. The molecule has 0 spiro atoms. The first kappa shape index (κ1) is 15.2. The summed E-state index contributed by atoms with van der Waals surface area (Å²) in [5, 5.41) is 0. The van der Waals surface area contributed by atoms with Gasteiger partial charge in [-0.2, -0.15) is 0 Å². The molecule has 2 aromatic carbocycles. The van der Waals surface area contributed by atoms with Gasteiger partial charge in [0.15, 0.2) is 15.8 Å². The van der Waals surface area contributed by atoms with Gasteiger partial charge in [0.05, 0.1) is 10.6 Å². The Morgan fingerprint density at radius 1 is 1.12 bits per heavy atom. The van der Waals surface area contributed by atoms with Gasteiger partial charge in [0.25, 0.3) is 5.91 Å². The molecular formula is C17H10FNO3S2. The molecule has 2 aliphatic heterocycles. The van der Waals surface area contributed by atoms with Crippen LogP contribution in [0.25, 0.3) is 6.08 Å². The average Bonchev–Trinajstić information content (AvgIpc) is 3.13. The summed E-state index contributed by atoms with van der Waals surface area (Å²) in [6.07, 6.45) is 1.75. The Labute approximate surface area is 146 Å². The lowest BCUT2D eigenvalue weighted by molar-refractivity contribution is -0.113. The van der Waals surface area contributed by atoms with E-state index >= 15 is 0 Å². The molecule has 1 fully saturated rings. The van der Waals surface area contributed by atoms with Gasteiger partial charge in [-0.25, -0.2) is 4.39 Å². The summed E-state index contributed by atoms with van der Waals surface area (Å²) in [7, 11) is 0. The van der Waals surface area contributed by atoms with E-state index in [9.17, 15) is 9.18 Å². The zero-order valence-electron chi connectivity index (χ0n) is 12.2. The monoisotopic (exact) mass is 359 g/mol. The number of ether oxygens (including phenoxy) is 2. The highest BCUT2D eigenvalue weighted by Crippen LogP contribution is 2.38. The molecule has 1 saturated heterocycles. The highest BCUT2D eigenvalue weighted by Gasteiger charge is 2.33. The summed E-state index contributed by atoms with van der Waals surface area (Å²) in [6, 6.07) is 11.1. The zero-order valence-corrected chi connectivity index (χ0v) is 13.8. The van der Waals surface area contributed by atoms with Crippen LogP contribution in [0, 0.1) is 5.82 Å². The molecule has 1 amide bonds. The van der Waals surface area contributed by atoms with Gasteiger partial charge in [-0.3, -0.25) is 9.69 Å². The van der Waals surface area contributed by atoms with E-state index in [4.69, 9.17) is 21.7 Å². The van der Waals surface area contributed by atoms with Crippen molar-refractivity contribution in [1.29, 1.82) is 0 Å². The third-order valence-electron chi connectivity index (χ3n) is 3.57. The number of amides is 1. The molecule has 0 aromatic heterocycles. The van der Waals surface area contributed by atoms with E-state index in [-0.39, 0.29) is 18.5 Å². The van der Waals surface area contributed by atoms with E-state index in [1.54, 1.807) is 12.1 Å². The second-order valence-corrected chi connectivity index (χ2v) is 6.78. The van der Waals surface area contributed by atoms with Crippen molar-refractivity contribution in [2.45, 2.75) is 0 Å². The minimum absolute atomic E-state index is 0.200. The Bertz CT molecular complexity index is 880. The molecule has 24 heavy (non-hydrogen) atoms. The highest BCUT2D eigenvalue weighted by molar-refractivity contribution is 8.27. The van der Waals surface area contributed by atoms with E-state index in [2.05, 4.69) is 0 Å². The Balaban J connectivity index is 1.64. The van der Waals surface area contributed by atoms with Crippen LogP contribution in [0.4, 0.5) is 10.1 Å². The van der Waals surface area contributed by atoms with Crippen molar-refractivity contribution in [1.82, 2.24) is 0 Å². The minimum atomic E-state index is -0.361. The minimum Gasteiger partial charge on any atom is -0.454 e. The van der Waals surface area contributed by atoms with Crippen LogP contribution in [0.1, 0.15) is 5.56 Å². The molecule has 0 aliphatic carbocycles. The Kier molecular flexibility index (Phi) is 3.74. The smallest absolute Gasteiger partial charge is 0.270 e. The molecule has 0 N–H and O–H groups in total. The second-order valence-electron chi connectivity index (χ2n) is 5.11. The fraction of sp³-hybridized carbons (Fsp3) is 0.0588. The van der Waals surface area contributed by atoms with Crippen molar-refractivity contribution >= 4 is 46.0 Å². The van der Waals surface area contributed by atoms with Gasteiger partial charge >= 0.3 is 0 Å². The molecule has 120 valence electrons. The number of fused-ring (bicyclic) bond motifs is 1. The van der Waals surface area contributed by atoms with E-state index in [1.165, 1.54) is 40.9 Å². The Morgan fingerprint density at radius 2 is 1.88 bits per heavy atom. The number of rotatable bonds is 2.